The Morgan fingerprint density at radius 3 is 2.59 bits per heavy atom. The largest absolute Gasteiger partial charge is 0.356 e. The van der Waals surface area contributed by atoms with Crippen molar-refractivity contribution < 1.29 is 4.39 Å². The smallest absolute Gasteiger partial charge is 0.170 e. The van der Waals surface area contributed by atoms with Crippen molar-refractivity contribution in [3.8, 4) is 0 Å². The maximum Gasteiger partial charge on any atom is 0.170 e. The second-order valence-corrected chi connectivity index (χ2v) is 4.36. The lowest BCUT2D eigenvalue weighted by molar-refractivity contribution is 0.415. The molecule has 0 aromatic carbocycles. The van der Waals surface area contributed by atoms with Crippen LogP contribution < -0.4 is 10.2 Å². The Morgan fingerprint density at radius 1 is 1.29 bits per heavy atom. The molecule has 1 aromatic heterocycles. The van der Waals surface area contributed by atoms with Gasteiger partial charge in [0.15, 0.2) is 11.6 Å². The van der Waals surface area contributed by atoms with E-state index in [4.69, 9.17) is 0 Å². The maximum absolute atomic E-state index is 14.1. The van der Waals surface area contributed by atoms with Gasteiger partial charge in [0.05, 0.1) is 0 Å². The van der Waals surface area contributed by atoms with Crippen molar-refractivity contribution in [2.45, 2.75) is 6.54 Å². The quantitative estimate of drug-likeness (QED) is 0.802. The third-order valence-corrected chi connectivity index (χ3v) is 2.56. The van der Waals surface area contributed by atoms with Gasteiger partial charge >= 0.3 is 0 Å². The van der Waals surface area contributed by atoms with Gasteiger partial charge in [-0.05, 0) is 27.2 Å². The number of pyridine rings is 1. The van der Waals surface area contributed by atoms with E-state index in [9.17, 15) is 4.39 Å². The molecule has 4 nitrogen and oxygen atoms in total. The van der Waals surface area contributed by atoms with Crippen LogP contribution in [0.5, 0.6) is 0 Å². The fraction of sp³-hybridized carbons (Fsp3) is 0.583. The Bertz CT molecular complexity index is 354. The van der Waals surface area contributed by atoms with Gasteiger partial charge in [-0.25, -0.2) is 9.37 Å². The van der Waals surface area contributed by atoms with Gasteiger partial charge < -0.3 is 15.1 Å². The fourth-order valence-electron chi connectivity index (χ4n) is 1.52. The standard InChI is InChI=1S/C12H21FN4/c1-14-9-10-5-6-15-12(11(10)13)17(4)8-7-16(2)3/h5-6,14H,7-9H2,1-4H3. The number of rotatable bonds is 6. The minimum absolute atomic E-state index is 0.233. The van der Waals surface area contributed by atoms with E-state index in [0.29, 0.717) is 17.9 Å². The van der Waals surface area contributed by atoms with E-state index in [1.165, 1.54) is 0 Å². The zero-order valence-electron chi connectivity index (χ0n) is 11.0. The number of anilines is 1. The van der Waals surface area contributed by atoms with Gasteiger partial charge in [-0.3, -0.25) is 0 Å². The van der Waals surface area contributed by atoms with Crippen molar-refractivity contribution in [1.29, 1.82) is 0 Å². The van der Waals surface area contributed by atoms with Crippen LogP contribution in [0.4, 0.5) is 10.2 Å². The summed E-state index contributed by atoms with van der Waals surface area (Å²) in [4.78, 5) is 8.01. The van der Waals surface area contributed by atoms with Gasteiger partial charge in [0.1, 0.15) is 0 Å². The number of hydrogen-bond donors (Lipinski definition) is 1. The number of likely N-dealkylation sites (N-methyl/N-ethyl adjacent to an activating group) is 2. The summed E-state index contributed by atoms with van der Waals surface area (Å²) in [5, 5.41) is 2.95. The molecule has 0 spiro atoms. The third-order valence-electron chi connectivity index (χ3n) is 2.56. The summed E-state index contributed by atoms with van der Waals surface area (Å²) in [6, 6.07) is 1.70. The molecule has 17 heavy (non-hydrogen) atoms. The van der Waals surface area contributed by atoms with Crippen LogP contribution in [-0.4, -0.2) is 51.2 Å². The molecule has 1 N–H and O–H groups in total. The van der Waals surface area contributed by atoms with Crippen LogP contribution in [0.2, 0.25) is 0 Å². The Kier molecular flexibility index (Phi) is 5.31. The topological polar surface area (TPSA) is 31.4 Å². The number of aromatic nitrogens is 1. The summed E-state index contributed by atoms with van der Waals surface area (Å²) in [6.07, 6.45) is 1.65. The molecule has 5 heteroatoms. The van der Waals surface area contributed by atoms with E-state index in [1.807, 2.05) is 26.0 Å². The Balaban J connectivity index is 2.78. The molecule has 0 bridgehead atoms. The normalized spacial score (nSPS) is 10.9. The molecule has 0 amide bonds. The summed E-state index contributed by atoms with van der Waals surface area (Å²) in [6.45, 7) is 2.14. The highest BCUT2D eigenvalue weighted by Crippen LogP contribution is 2.17. The third kappa shape index (κ3) is 3.94. The van der Waals surface area contributed by atoms with Crippen LogP contribution in [0.25, 0.3) is 0 Å². The van der Waals surface area contributed by atoms with E-state index in [1.54, 1.807) is 19.3 Å². The van der Waals surface area contributed by atoms with Gasteiger partial charge in [0.2, 0.25) is 0 Å². The van der Waals surface area contributed by atoms with E-state index >= 15 is 0 Å². The second-order valence-electron chi connectivity index (χ2n) is 4.36. The molecule has 1 aromatic rings. The molecule has 0 radical (unpaired) electrons. The fourth-order valence-corrected chi connectivity index (χ4v) is 1.52. The van der Waals surface area contributed by atoms with E-state index in [2.05, 4.69) is 15.2 Å². The molecule has 96 valence electrons. The van der Waals surface area contributed by atoms with Crippen molar-refractivity contribution in [2.75, 3.05) is 46.2 Å². The first-order chi connectivity index (χ1) is 8.06. The first-order valence-corrected chi connectivity index (χ1v) is 5.70. The Hall–Kier alpha value is -1.20. The zero-order valence-corrected chi connectivity index (χ0v) is 11.0. The second kappa shape index (κ2) is 6.51. The first-order valence-electron chi connectivity index (χ1n) is 5.70. The number of nitrogens with zero attached hydrogens (tertiary/aromatic N) is 3. The van der Waals surface area contributed by atoms with Crippen LogP contribution in [0, 0.1) is 5.82 Å². The molecule has 0 saturated carbocycles. The van der Waals surface area contributed by atoms with Crippen molar-refractivity contribution in [2.24, 2.45) is 0 Å². The van der Waals surface area contributed by atoms with Gasteiger partial charge in [0, 0.05) is 38.4 Å². The van der Waals surface area contributed by atoms with Crippen LogP contribution in [0.1, 0.15) is 5.56 Å². The van der Waals surface area contributed by atoms with Crippen LogP contribution >= 0.6 is 0 Å². The summed E-state index contributed by atoms with van der Waals surface area (Å²) in [7, 11) is 7.65. The monoisotopic (exact) mass is 240 g/mol. The first kappa shape index (κ1) is 13.9. The Labute approximate surface area is 102 Å². The molecule has 0 saturated heterocycles. The zero-order chi connectivity index (χ0) is 12.8. The number of halogens is 1. The molecule has 0 aliphatic rings. The highest BCUT2D eigenvalue weighted by Gasteiger charge is 2.12. The molecule has 1 heterocycles. The van der Waals surface area contributed by atoms with E-state index < -0.39 is 0 Å². The minimum Gasteiger partial charge on any atom is -0.356 e. The summed E-state index contributed by atoms with van der Waals surface area (Å²) in [5.41, 5.74) is 0.647. The van der Waals surface area contributed by atoms with Crippen LogP contribution in [0.15, 0.2) is 12.3 Å². The lowest BCUT2D eigenvalue weighted by Crippen LogP contribution is -2.30. The predicted octanol–water partition coefficient (Wildman–Crippen LogP) is 0.938. The van der Waals surface area contributed by atoms with Gasteiger partial charge in [-0.15, -0.1) is 0 Å². The van der Waals surface area contributed by atoms with Crippen molar-refractivity contribution in [3.63, 3.8) is 0 Å². The van der Waals surface area contributed by atoms with Crippen molar-refractivity contribution in [3.05, 3.63) is 23.6 Å². The highest BCUT2D eigenvalue weighted by molar-refractivity contribution is 5.42. The molecular weight excluding hydrogens is 219 g/mol. The van der Waals surface area contributed by atoms with Gasteiger partial charge in [-0.2, -0.15) is 0 Å². The lowest BCUT2D eigenvalue weighted by atomic mass is 10.2. The molecule has 0 aliphatic carbocycles. The highest BCUT2D eigenvalue weighted by atomic mass is 19.1. The Morgan fingerprint density at radius 2 is 2.00 bits per heavy atom. The van der Waals surface area contributed by atoms with Crippen molar-refractivity contribution >= 4 is 5.82 Å². The van der Waals surface area contributed by atoms with Gasteiger partial charge in [-0.1, -0.05) is 0 Å². The lowest BCUT2D eigenvalue weighted by Gasteiger charge is -2.21. The summed E-state index contributed by atoms with van der Waals surface area (Å²) >= 11 is 0. The van der Waals surface area contributed by atoms with Crippen LogP contribution in [0.3, 0.4) is 0 Å². The molecule has 0 fully saturated rings. The molecular formula is C12H21FN4. The van der Waals surface area contributed by atoms with Crippen molar-refractivity contribution in [1.82, 2.24) is 15.2 Å². The average molecular weight is 240 g/mol. The minimum atomic E-state index is -0.233. The molecule has 0 unspecified atom stereocenters. The SMILES string of the molecule is CNCc1ccnc(N(C)CCN(C)C)c1F. The number of nitrogens with one attached hydrogen (secondary N) is 1. The van der Waals surface area contributed by atoms with Gasteiger partial charge in [0.25, 0.3) is 0 Å². The predicted molar refractivity (Wildman–Crippen MR) is 68.8 cm³/mol. The number of hydrogen-bond acceptors (Lipinski definition) is 4. The summed E-state index contributed by atoms with van der Waals surface area (Å²) < 4.78 is 14.1. The summed E-state index contributed by atoms with van der Waals surface area (Å²) in [5.74, 6) is 0.183. The molecule has 0 aliphatic heterocycles. The molecule has 1 rings (SSSR count). The van der Waals surface area contributed by atoms with Crippen LogP contribution in [-0.2, 0) is 6.54 Å². The maximum atomic E-state index is 14.1. The van der Waals surface area contributed by atoms with E-state index in [-0.39, 0.29) is 5.82 Å². The van der Waals surface area contributed by atoms with E-state index in [0.717, 1.165) is 13.1 Å². The average Bonchev–Trinajstić information content (AvgIpc) is 2.29. The molecule has 0 atom stereocenters.